The Morgan fingerprint density at radius 1 is 1.67 bits per heavy atom. The normalized spacial score (nSPS) is 13.3. The number of hydrogen-bond acceptors (Lipinski definition) is 3. The van der Waals surface area contributed by atoms with Gasteiger partial charge in [0.25, 0.3) is 0 Å². The lowest BCUT2D eigenvalue weighted by molar-refractivity contribution is 0.184. The Kier molecular flexibility index (Phi) is 3.22. The molecule has 0 aliphatic heterocycles. The van der Waals surface area contributed by atoms with Gasteiger partial charge in [0.1, 0.15) is 0 Å². The van der Waals surface area contributed by atoms with Crippen LogP contribution in [-0.4, -0.2) is 26.2 Å². The van der Waals surface area contributed by atoms with Crippen molar-refractivity contribution in [2.45, 2.75) is 25.9 Å². The maximum absolute atomic E-state index is 9.07. The monoisotopic (exact) mass is 233 g/mol. The van der Waals surface area contributed by atoms with Crippen molar-refractivity contribution in [2.75, 3.05) is 0 Å². The van der Waals surface area contributed by atoms with E-state index in [1.54, 1.807) is 11.6 Å². The van der Waals surface area contributed by atoms with Gasteiger partial charge in [-0.3, -0.25) is 4.68 Å². The number of nitrogens with zero attached hydrogens (tertiary/aromatic N) is 3. The summed E-state index contributed by atoms with van der Waals surface area (Å²) in [5, 5.41) is 16.7. The molecule has 12 heavy (non-hydrogen) atoms. The predicted molar refractivity (Wildman–Crippen MR) is 48.7 cm³/mol. The Morgan fingerprint density at radius 2 is 2.33 bits per heavy atom. The Balaban J connectivity index is 2.62. The molecule has 0 fully saturated rings. The Morgan fingerprint density at radius 3 is 2.75 bits per heavy atom. The van der Waals surface area contributed by atoms with Gasteiger partial charge in [0.2, 0.25) is 0 Å². The summed E-state index contributed by atoms with van der Waals surface area (Å²) < 4.78 is 2.48. The van der Waals surface area contributed by atoms with Gasteiger partial charge in [0.15, 0.2) is 4.60 Å². The molecule has 1 N–H and O–H groups in total. The van der Waals surface area contributed by atoms with Crippen LogP contribution in [-0.2, 0) is 13.5 Å². The maximum Gasteiger partial charge on any atom is 0.151 e. The third-order valence-electron chi connectivity index (χ3n) is 1.69. The second-order valence-electron chi connectivity index (χ2n) is 2.84. The van der Waals surface area contributed by atoms with Gasteiger partial charge in [0, 0.05) is 7.05 Å². The van der Waals surface area contributed by atoms with Gasteiger partial charge in [-0.25, -0.2) is 0 Å². The highest BCUT2D eigenvalue weighted by Gasteiger charge is 2.08. The van der Waals surface area contributed by atoms with Crippen LogP contribution in [0.4, 0.5) is 0 Å². The highest BCUT2D eigenvalue weighted by molar-refractivity contribution is 9.10. The molecule has 1 unspecified atom stereocenters. The van der Waals surface area contributed by atoms with Gasteiger partial charge in [-0.1, -0.05) is 5.21 Å². The summed E-state index contributed by atoms with van der Waals surface area (Å²) in [4.78, 5) is 0. The fourth-order valence-electron chi connectivity index (χ4n) is 0.962. The smallest absolute Gasteiger partial charge is 0.151 e. The van der Waals surface area contributed by atoms with E-state index >= 15 is 0 Å². The van der Waals surface area contributed by atoms with E-state index in [0.717, 1.165) is 23.1 Å². The molecule has 0 saturated carbocycles. The molecule has 1 heterocycles. The Labute approximate surface area is 79.7 Å². The molecule has 1 aromatic rings. The number of rotatable bonds is 3. The quantitative estimate of drug-likeness (QED) is 0.844. The van der Waals surface area contributed by atoms with Gasteiger partial charge in [0.05, 0.1) is 11.8 Å². The molecule has 68 valence electrons. The van der Waals surface area contributed by atoms with E-state index in [2.05, 4.69) is 26.2 Å². The second-order valence-corrected chi connectivity index (χ2v) is 3.59. The van der Waals surface area contributed by atoms with Crippen molar-refractivity contribution in [1.82, 2.24) is 15.0 Å². The number of halogens is 1. The van der Waals surface area contributed by atoms with Gasteiger partial charge in [-0.05, 0) is 35.7 Å². The van der Waals surface area contributed by atoms with Crippen LogP contribution in [0.25, 0.3) is 0 Å². The number of aromatic nitrogens is 3. The van der Waals surface area contributed by atoms with E-state index < -0.39 is 0 Å². The van der Waals surface area contributed by atoms with Crippen molar-refractivity contribution < 1.29 is 5.11 Å². The third kappa shape index (κ3) is 2.28. The number of aryl methyl sites for hydroxylation is 1. The first-order valence-corrected chi connectivity index (χ1v) is 4.62. The van der Waals surface area contributed by atoms with E-state index in [9.17, 15) is 0 Å². The van der Waals surface area contributed by atoms with E-state index in [0.29, 0.717) is 0 Å². The minimum absolute atomic E-state index is 0.271. The average molecular weight is 234 g/mol. The summed E-state index contributed by atoms with van der Waals surface area (Å²) in [5.41, 5.74) is 1.02. The minimum atomic E-state index is -0.271. The lowest BCUT2D eigenvalue weighted by Gasteiger charge is -2.03. The van der Waals surface area contributed by atoms with Gasteiger partial charge in [-0.15, -0.1) is 5.10 Å². The Hall–Kier alpha value is -0.420. The molecule has 0 aliphatic rings. The van der Waals surface area contributed by atoms with Crippen LogP contribution in [0, 0.1) is 0 Å². The summed E-state index contributed by atoms with van der Waals surface area (Å²) in [5.74, 6) is 0. The average Bonchev–Trinajstić information content (AvgIpc) is 2.28. The summed E-state index contributed by atoms with van der Waals surface area (Å²) in [6.45, 7) is 1.78. The van der Waals surface area contributed by atoms with Crippen LogP contribution in [0.3, 0.4) is 0 Å². The standard InChI is InChI=1S/C7H12BrN3O/c1-5(12)3-4-6-7(8)9-10-11(6)2/h5,12H,3-4H2,1-2H3. The fourth-order valence-corrected chi connectivity index (χ4v) is 1.49. The molecule has 0 radical (unpaired) electrons. The van der Waals surface area contributed by atoms with Gasteiger partial charge in [-0.2, -0.15) is 0 Å². The van der Waals surface area contributed by atoms with Crippen molar-refractivity contribution in [2.24, 2.45) is 7.05 Å². The van der Waals surface area contributed by atoms with Crippen LogP contribution >= 0.6 is 15.9 Å². The van der Waals surface area contributed by atoms with Crippen LogP contribution in [0.5, 0.6) is 0 Å². The molecule has 0 spiro atoms. The predicted octanol–water partition coefficient (Wildman–Crippen LogP) is 0.891. The molecule has 0 amide bonds. The maximum atomic E-state index is 9.07. The topological polar surface area (TPSA) is 50.9 Å². The largest absolute Gasteiger partial charge is 0.393 e. The molecule has 0 bridgehead atoms. The zero-order valence-electron chi connectivity index (χ0n) is 7.16. The van der Waals surface area contributed by atoms with E-state index in [4.69, 9.17) is 5.11 Å². The van der Waals surface area contributed by atoms with Crippen LogP contribution < -0.4 is 0 Å². The first kappa shape index (κ1) is 9.67. The van der Waals surface area contributed by atoms with Crippen LogP contribution in [0.15, 0.2) is 4.60 Å². The SMILES string of the molecule is CC(O)CCc1c(Br)nnn1C. The van der Waals surface area contributed by atoms with E-state index in [1.165, 1.54) is 0 Å². The number of aliphatic hydroxyl groups excluding tert-OH is 1. The highest BCUT2D eigenvalue weighted by atomic mass is 79.9. The van der Waals surface area contributed by atoms with Gasteiger partial charge >= 0.3 is 0 Å². The third-order valence-corrected chi connectivity index (χ3v) is 2.31. The summed E-state index contributed by atoms with van der Waals surface area (Å²) in [6.07, 6.45) is 1.26. The van der Waals surface area contributed by atoms with Crippen molar-refractivity contribution in [3.63, 3.8) is 0 Å². The minimum Gasteiger partial charge on any atom is -0.393 e. The fraction of sp³-hybridized carbons (Fsp3) is 0.714. The molecular weight excluding hydrogens is 222 g/mol. The van der Waals surface area contributed by atoms with Crippen LogP contribution in [0.1, 0.15) is 19.0 Å². The van der Waals surface area contributed by atoms with E-state index in [-0.39, 0.29) is 6.10 Å². The van der Waals surface area contributed by atoms with E-state index in [1.807, 2.05) is 7.05 Å². The molecule has 5 heteroatoms. The Bertz CT molecular complexity index is 240. The molecule has 1 atom stereocenters. The summed E-state index contributed by atoms with van der Waals surface area (Å²) >= 11 is 3.29. The lowest BCUT2D eigenvalue weighted by atomic mass is 10.2. The first-order valence-electron chi connectivity index (χ1n) is 3.83. The zero-order valence-corrected chi connectivity index (χ0v) is 8.74. The number of hydrogen-bond donors (Lipinski definition) is 1. The first-order chi connectivity index (χ1) is 5.61. The lowest BCUT2D eigenvalue weighted by Crippen LogP contribution is -2.05. The summed E-state index contributed by atoms with van der Waals surface area (Å²) in [7, 11) is 1.84. The molecule has 4 nitrogen and oxygen atoms in total. The van der Waals surface area contributed by atoms with Crippen molar-refractivity contribution in [1.29, 1.82) is 0 Å². The molecular formula is C7H12BrN3O. The number of aliphatic hydroxyl groups is 1. The molecule has 1 aromatic heterocycles. The molecule has 1 rings (SSSR count). The van der Waals surface area contributed by atoms with Crippen molar-refractivity contribution in [3.8, 4) is 0 Å². The zero-order chi connectivity index (χ0) is 9.14. The molecule has 0 aliphatic carbocycles. The van der Waals surface area contributed by atoms with Crippen LogP contribution in [0.2, 0.25) is 0 Å². The molecule has 0 saturated heterocycles. The summed E-state index contributed by atoms with van der Waals surface area (Å²) in [6, 6.07) is 0. The highest BCUT2D eigenvalue weighted by Crippen LogP contribution is 2.14. The van der Waals surface area contributed by atoms with Crippen molar-refractivity contribution in [3.05, 3.63) is 10.3 Å². The second kappa shape index (κ2) is 4.00. The van der Waals surface area contributed by atoms with Crippen molar-refractivity contribution >= 4 is 15.9 Å². The molecule has 0 aromatic carbocycles. The van der Waals surface area contributed by atoms with Gasteiger partial charge < -0.3 is 5.11 Å².